The molecule has 22 heavy (non-hydrogen) atoms. The lowest BCUT2D eigenvalue weighted by molar-refractivity contribution is -0.116. The van der Waals surface area contributed by atoms with Gasteiger partial charge in [-0.25, -0.2) is 0 Å². The zero-order valence-electron chi connectivity index (χ0n) is 12.3. The van der Waals surface area contributed by atoms with E-state index in [0.717, 1.165) is 4.47 Å². The SMILES string of the molecule is CCN(CC(=O)Nc1cc(C)on1)C(=O)c1cccc(Br)c1. The van der Waals surface area contributed by atoms with E-state index in [0.29, 0.717) is 23.7 Å². The van der Waals surface area contributed by atoms with Gasteiger partial charge in [0.05, 0.1) is 0 Å². The first-order valence-corrected chi connectivity index (χ1v) is 7.57. The van der Waals surface area contributed by atoms with E-state index >= 15 is 0 Å². The molecule has 0 aliphatic heterocycles. The molecular weight excluding hydrogens is 350 g/mol. The molecule has 2 rings (SSSR count). The van der Waals surface area contributed by atoms with E-state index in [-0.39, 0.29) is 18.4 Å². The molecule has 0 unspecified atom stereocenters. The van der Waals surface area contributed by atoms with Crippen LogP contribution in [0.4, 0.5) is 5.82 Å². The van der Waals surface area contributed by atoms with Gasteiger partial charge in [0.2, 0.25) is 5.91 Å². The minimum atomic E-state index is -0.321. The highest BCUT2D eigenvalue weighted by Crippen LogP contribution is 2.14. The number of halogens is 1. The Morgan fingerprint density at radius 1 is 1.36 bits per heavy atom. The molecule has 0 radical (unpaired) electrons. The molecule has 1 N–H and O–H groups in total. The summed E-state index contributed by atoms with van der Waals surface area (Å²) in [6, 6.07) is 8.68. The molecule has 0 spiro atoms. The molecule has 6 nitrogen and oxygen atoms in total. The smallest absolute Gasteiger partial charge is 0.254 e. The molecule has 0 bridgehead atoms. The molecule has 0 aliphatic rings. The van der Waals surface area contributed by atoms with Crippen molar-refractivity contribution in [1.82, 2.24) is 10.1 Å². The number of aromatic nitrogens is 1. The van der Waals surface area contributed by atoms with Gasteiger partial charge in [0.1, 0.15) is 12.3 Å². The van der Waals surface area contributed by atoms with Crippen LogP contribution in [-0.4, -0.2) is 35.0 Å². The van der Waals surface area contributed by atoms with Crippen LogP contribution in [0.5, 0.6) is 0 Å². The summed E-state index contributed by atoms with van der Waals surface area (Å²) in [5.41, 5.74) is 0.529. The zero-order valence-corrected chi connectivity index (χ0v) is 13.9. The van der Waals surface area contributed by atoms with Crippen molar-refractivity contribution in [3.05, 3.63) is 46.1 Å². The van der Waals surface area contributed by atoms with Gasteiger partial charge in [-0.3, -0.25) is 9.59 Å². The van der Waals surface area contributed by atoms with Crippen LogP contribution >= 0.6 is 15.9 Å². The highest BCUT2D eigenvalue weighted by molar-refractivity contribution is 9.10. The lowest BCUT2D eigenvalue weighted by Gasteiger charge is -2.20. The second kappa shape index (κ2) is 7.22. The summed E-state index contributed by atoms with van der Waals surface area (Å²) < 4.78 is 5.69. The number of benzene rings is 1. The first-order chi connectivity index (χ1) is 10.5. The Morgan fingerprint density at radius 2 is 2.14 bits per heavy atom. The average molecular weight is 366 g/mol. The molecular formula is C15H16BrN3O3. The summed E-state index contributed by atoms with van der Waals surface area (Å²) >= 11 is 3.33. The first-order valence-electron chi connectivity index (χ1n) is 6.77. The van der Waals surface area contributed by atoms with Crippen LogP contribution in [0.3, 0.4) is 0 Å². The number of hydrogen-bond acceptors (Lipinski definition) is 4. The van der Waals surface area contributed by atoms with E-state index < -0.39 is 0 Å². The fourth-order valence-electron chi connectivity index (χ4n) is 1.91. The number of amides is 2. The molecule has 116 valence electrons. The maximum atomic E-state index is 12.4. The topological polar surface area (TPSA) is 75.4 Å². The van der Waals surface area contributed by atoms with Gasteiger partial charge in [-0.2, -0.15) is 0 Å². The fraction of sp³-hybridized carbons (Fsp3) is 0.267. The van der Waals surface area contributed by atoms with Crippen LogP contribution in [0.25, 0.3) is 0 Å². The van der Waals surface area contributed by atoms with E-state index in [1.807, 2.05) is 13.0 Å². The fourth-order valence-corrected chi connectivity index (χ4v) is 2.31. The largest absolute Gasteiger partial charge is 0.360 e. The summed E-state index contributed by atoms with van der Waals surface area (Å²) in [6.45, 7) is 3.94. The summed E-state index contributed by atoms with van der Waals surface area (Å²) in [7, 11) is 0. The molecule has 0 saturated carbocycles. The summed E-state index contributed by atoms with van der Waals surface area (Å²) in [4.78, 5) is 25.9. The third kappa shape index (κ3) is 4.17. The van der Waals surface area contributed by atoms with Gasteiger partial charge in [0, 0.05) is 22.6 Å². The first kappa shape index (κ1) is 16.2. The predicted molar refractivity (Wildman–Crippen MR) is 85.6 cm³/mol. The Balaban J connectivity index is 2.02. The minimum absolute atomic E-state index is 0.0479. The van der Waals surface area contributed by atoms with Crippen molar-refractivity contribution in [3.8, 4) is 0 Å². The van der Waals surface area contributed by atoms with Crippen LogP contribution in [0, 0.1) is 6.92 Å². The van der Waals surface area contributed by atoms with Crippen molar-refractivity contribution in [2.75, 3.05) is 18.4 Å². The molecule has 0 atom stereocenters. The van der Waals surface area contributed by atoms with Crippen molar-refractivity contribution >= 4 is 33.6 Å². The van der Waals surface area contributed by atoms with Crippen molar-refractivity contribution in [3.63, 3.8) is 0 Å². The molecule has 2 aromatic rings. The number of nitrogens with one attached hydrogen (secondary N) is 1. The third-order valence-electron chi connectivity index (χ3n) is 2.97. The number of rotatable bonds is 5. The third-order valence-corrected chi connectivity index (χ3v) is 3.46. The minimum Gasteiger partial charge on any atom is -0.360 e. The number of hydrogen-bond donors (Lipinski definition) is 1. The van der Waals surface area contributed by atoms with E-state index in [1.165, 1.54) is 4.90 Å². The van der Waals surface area contributed by atoms with Crippen LogP contribution < -0.4 is 5.32 Å². The second-order valence-corrected chi connectivity index (χ2v) is 5.62. The maximum absolute atomic E-state index is 12.4. The molecule has 0 fully saturated rings. The number of nitrogens with zero attached hydrogens (tertiary/aromatic N) is 2. The quantitative estimate of drug-likeness (QED) is 0.883. The van der Waals surface area contributed by atoms with Crippen LogP contribution in [0.1, 0.15) is 23.0 Å². The summed E-state index contributed by atoms with van der Waals surface area (Å²) in [5, 5.41) is 6.29. The van der Waals surface area contributed by atoms with E-state index in [9.17, 15) is 9.59 Å². The maximum Gasteiger partial charge on any atom is 0.254 e. The van der Waals surface area contributed by atoms with E-state index in [1.54, 1.807) is 31.2 Å². The zero-order chi connectivity index (χ0) is 16.1. The van der Waals surface area contributed by atoms with Gasteiger partial charge in [0.15, 0.2) is 5.82 Å². The van der Waals surface area contributed by atoms with Crippen LogP contribution in [0.2, 0.25) is 0 Å². The van der Waals surface area contributed by atoms with E-state index in [2.05, 4.69) is 26.4 Å². The van der Waals surface area contributed by atoms with Crippen molar-refractivity contribution in [2.45, 2.75) is 13.8 Å². The van der Waals surface area contributed by atoms with Gasteiger partial charge in [-0.1, -0.05) is 27.2 Å². The second-order valence-electron chi connectivity index (χ2n) is 4.70. The normalized spacial score (nSPS) is 10.3. The number of anilines is 1. The van der Waals surface area contributed by atoms with Crippen molar-refractivity contribution in [1.29, 1.82) is 0 Å². The molecule has 0 saturated heterocycles. The molecule has 1 heterocycles. The Bertz CT molecular complexity index is 684. The molecule has 1 aromatic heterocycles. The molecule has 0 aliphatic carbocycles. The van der Waals surface area contributed by atoms with Gasteiger partial charge in [-0.05, 0) is 32.0 Å². The standard InChI is InChI=1S/C15H16BrN3O3/c1-3-19(15(21)11-5-4-6-12(16)8-11)9-14(20)17-13-7-10(2)22-18-13/h4-8H,3,9H2,1-2H3,(H,17,18,20). The van der Waals surface area contributed by atoms with E-state index in [4.69, 9.17) is 4.52 Å². The number of aryl methyl sites for hydroxylation is 1. The van der Waals surface area contributed by atoms with Crippen molar-refractivity contribution in [2.24, 2.45) is 0 Å². The summed E-state index contributed by atoms with van der Waals surface area (Å²) in [6.07, 6.45) is 0. The molecule has 1 aromatic carbocycles. The monoisotopic (exact) mass is 365 g/mol. The van der Waals surface area contributed by atoms with Gasteiger partial charge < -0.3 is 14.7 Å². The van der Waals surface area contributed by atoms with Gasteiger partial charge in [0.25, 0.3) is 5.91 Å². The highest BCUT2D eigenvalue weighted by Gasteiger charge is 2.18. The lowest BCUT2D eigenvalue weighted by atomic mass is 10.2. The Morgan fingerprint density at radius 3 is 2.73 bits per heavy atom. The Labute approximate surface area is 136 Å². The van der Waals surface area contributed by atoms with Gasteiger partial charge >= 0.3 is 0 Å². The Hall–Kier alpha value is -2.15. The van der Waals surface area contributed by atoms with Crippen molar-refractivity contribution < 1.29 is 14.1 Å². The number of likely N-dealkylation sites (N-methyl/N-ethyl adjacent to an activating group) is 1. The molecule has 7 heteroatoms. The highest BCUT2D eigenvalue weighted by atomic mass is 79.9. The lowest BCUT2D eigenvalue weighted by Crippen LogP contribution is -2.37. The number of carbonyl (C=O) groups is 2. The van der Waals surface area contributed by atoms with Crippen LogP contribution in [0.15, 0.2) is 39.3 Å². The summed E-state index contributed by atoms with van der Waals surface area (Å²) in [5.74, 6) is 0.426. The van der Waals surface area contributed by atoms with Gasteiger partial charge in [-0.15, -0.1) is 0 Å². The molecule has 2 amide bonds. The Kier molecular flexibility index (Phi) is 5.32. The number of carbonyl (C=O) groups excluding carboxylic acids is 2. The van der Waals surface area contributed by atoms with Crippen LogP contribution in [-0.2, 0) is 4.79 Å². The average Bonchev–Trinajstić information content (AvgIpc) is 2.89. The predicted octanol–water partition coefficient (Wildman–Crippen LogP) is 2.85.